The fourth-order valence-corrected chi connectivity index (χ4v) is 4.34. The van der Waals surface area contributed by atoms with Crippen LogP contribution < -0.4 is 5.73 Å². The van der Waals surface area contributed by atoms with Gasteiger partial charge in [-0.3, -0.25) is 4.79 Å². The number of carbonyl (C=O) groups excluding carboxylic acids is 2. The molecule has 1 saturated heterocycles. The predicted octanol–water partition coefficient (Wildman–Crippen LogP) is 1.80. The second kappa shape index (κ2) is 12.2. The Kier molecular flexibility index (Phi) is 9.96. The first-order chi connectivity index (χ1) is 14.9. The maximum atomic E-state index is 12.7. The molecule has 1 aliphatic heterocycles. The number of rotatable bonds is 10. The topological polar surface area (TPSA) is 111 Å². The Hall–Kier alpha value is -1.93. The Labute approximate surface area is 185 Å². The van der Waals surface area contributed by atoms with Gasteiger partial charge in [0.15, 0.2) is 0 Å². The van der Waals surface area contributed by atoms with Crippen molar-refractivity contribution in [2.24, 2.45) is 5.73 Å². The Morgan fingerprint density at radius 1 is 1.00 bits per heavy atom. The number of ether oxygens (including phenoxy) is 3. The first kappa shape index (κ1) is 25.3. The molecule has 2 N–H and O–H groups in total. The van der Waals surface area contributed by atoms with Gasteiger partial charge in [-0.1, -0.05) is 24.3 Å². The number of nitrogens with zero attached hydrogens (tertiary/aromatic N) is 2. The van der Waals surface area contributed by atoms with Crippen molar-refractivity contribution >= 4 is 20.5 Å². The smallest absolute Gasteiger partial charge is 0.409 e. The number of carbonyl (C=O) groups is 2. The van der Waals surface area contributed by atoms with Crippen LogP contribution in [0.4, 0.5) is 4.79 Å². The van der Waals surface area contributed by atoms with Crippen LogP contribution in [0.2, 0.25) is 0 Å². The third-order valence-electron chi connectivity index (χ3n) is 5.12. The molecule has 0 radical (unpaired) electrons. The molecule has 174 valence electrons. The third-order valence-corrected chi connectivity index (χ3v) is 6.10. The summed E-state index contributed by atoms with van der Waals surface area (Å²) in [5.74, 6) is -0.144. The number of benzene rings is 1. The summed E-state index contributed by atoms with van der Waals surface area (Å²) in [4.78, 5) is 27.8. The van der Waals surface area contributed by atoms with Crippen LogP contribution in [-0.2, 0) is 35.5 Å². The largest absolute Gasteiger partial charge is 0.450 e. The lowest BCUT2D eigenvalue weighted by Gasteiger charge is -2.35. The molecule has 1 aromatic carbocycles. The van der Waals surface area contributed by atoms with E-state index >= 15 is 0 Å². The summed E-state index contributed by atoms with van der Waals surface area (Å²) in [6.45, 7) is 8.22. The average Bonchev–Trinajstić information content (AvgIpc) is 2.79. The molecule has 0 saturated carbocycles. The minimum absolute atomic E-state index is 0.144. The van der Waals surface area contributed by atoms with Crippen LogP contribution in [0.25, 0.3) is 0 Å². The molecule has 0 aromatic heterocycles. The summed E-state index contributed by atoms with van der Waals surface area (Å²) in [6, 6.07) is 6.63. The van der Waals surface area contributed by atoms with Crippen molar-refractivity contribution in [3.05, 3.63) is 35.4 Å². The van der Waals surface area contributed by atoms with Crippen molar-refractivity contribution < 1.29 is 28.4 Å². The Bertz CT molecular complexity index is 731. The predicted molar refractivity (Wildman–Crippen MR) is 119 cm³/mol. The van der Waals surface area contributed by atoms with Crippen molar-refractivity contribution in [2.45, 2.75) is 38.8 Å². The standard InChI is InChI=1S/C21H34N3O6P/c1-4-28-20(26)24-13-11-23(12-14-24)19(25)18(22)15-16-7-9-17(10-8-16)21(31-27,29-5-2)30-6-3/h7-10,18H,4-6,11-15,22,31H2,1-3H3. The van der Waals surface area contributed by atoms with Crippen LogP contribution >= 0.6 is 8.46 Å². The second-order valence-electron chi connectivity index (χ2n) is 7.17. The van der Waals surface area contributed by atoms with Gasteiger partial charge in [-0.25, -0.2) is 4.79 Å². The quantitative estimate of drug-likeness (QED) is 0.423. The van der Waals surface area contributed by atoms with E-state index in [2.05, 4.69) is 0 Å². The van der Waals surface area contributed by atoms with Gasteiger partial charge < -0.3 is 34.3 Å². The van der Waals surface area contributed by atoms with Gasteiger partial charge in [0.2, 0.25) is 11.4 Å². The Balaban J connectivity index is 1.96. The molecule has 1 aliphatic rings. The molecule has 1 aromatic rings. The summed E-state index contributed by atoms with van der Waals surface area (Å²) < 4.78 is 28.2. The van der Waals surface area contributed by atoms with E-state index in [1.54, 1.807) is 28.9 Å². The lowest BCUT2D eigenvalue weighted by molar-refractivity contribution is -0.176. The van der Waals surface area contributed by atoms with Crippen molar-refractivity contribution in [3.8, 4) is 0 Å². The van der Waals surface area contributed by atoms with E-state index < -0.39 is 20.0 Å². The summed E-state index contributed by atoms with van der Waals surface area (Å²) in [6.07, 6.45) is 0.0200. The monoisotopic (exact) mass is 455 g/mol. The van der Waals surface area contributed by atoms with Gasteiger partial charge in [-0.2, -0.15) is 0 Å². The molecule has 2 atom stereocenters. The fraction of sp³-hybridized carbons (Fsp3) is 0.619. The summed E-state index contributed by atoms with van der Waals surface area (Å²) in [5, 5.41) is 0. The first-order valence-electron chi connectivity index (χ1n) is 10.7. The zero-order valence-electron chi connectivity index (χ0n) is 18.5. The van der Waals surface area contributed by atoms with E-state index in [9.17, 15) is 14.2 Å². The van der Waals surface area contributed by atoms with Gasteiger partial charge in [-0.05, 0) is 32.8 Å². The maximum absolute atomic E-state index is 12.7. The van der Waals surface area contributed by atoms with E-state index in [1.165, 1.54) is 0 Å². The normalized spacial score (nSPS) is 16.0. The summed E-state index contributed by atoms with van der Waals surface area (Å²) in [7, 11) is -1.35. The van der Waals surface area contributed by atoms with Gasteiger partial charge in [0.25, 0.3) is 0 Å². The lowest BCUT2D eigenvalue weighted by atomic mass is 10.0. The van der Waals surface area contributed by atoms with Crippen LogP contribution in [0.5, 0.6) is 0 Å². The molecule has 31 heavy (non-hydrogen) atoms. The molecular formula is C21H34N3O6P. The van der Waals surface area contributed by atoms with Gasteiger partial charge >= 0.3 is 6.09 Å². The molecule has 9 nitrogen and oxygen atoms in total. The Morgan fingerprint density at radius 2 is 1.55 bits per heavy atom. The van der Waals surface area contributed by atoms with Crippen LogP contribution in [-0.4, -0.2) is 73.8 Å². The number of nitrogens with two attached hydrogens (primary N) is 1. The molecule has 10 heteroatoms. The Morgan fingerprint density at radius 3 is 2.03 bits per heavy atom. The van der Waals surface area contributed by atoms with Crippen LogP contribution in [0, 0.1) is 0 Å². The highest BCUT2D eigenvalue weighted by Gasteiger charge is 2.33. The van der Waals surface area contributed by atoms with Crippen molar-refractivity contribution in [1.29, 1.82) is 0 Å². The highest BCUT2D eigenvalue weighted by atomic mass is 31.1. The molecular weight excluding hydrogens is 421 g/mol. The number of hydrogen-bond donors (Lipinski definition) is 1. The second-order valence-corrected chi connectivity index (χ2v) is 8.17. The van der Waals surface area contributed by atoms with Crippen molar-refractivity contribution in [2.75, 3.05) is 46.0 Å². The van der Waals surface area contributed by atoms with E-state index in [1.807, 2.05) is 26.0 Å². The maximum Gasteiger partial charge on any atom is 0.409 e. The molecule has 2 amide bonds. The average molecular weight is 455 g/mol. The van der Waals surface area contributed by atoms with E-state index in [0.717, 1.165) is 5.56 Å². The van der Waals surface area contributed by atoms with E-state index in [0.29, 0.717) is 58.0 Å². The first-order valence-corrected chi connectivity index (χ1v) is 11.7. The highest BCUT2D eigenvalue weighted by molar-refractivity contribution is 7.24. The van der Waals surface area contributed by atoms with E-state index in [-0.39, 0.29) is 12.0 Å². The minimum atomic E-state index is -1.35. The SMILES string of the molecule is CCOC(=O)N1CCN(C(=O)C(N)Cc2ccc(C(OCC)(OCC)[PH2]=O)cc2)CC1. The fourth-order valence-electron chi connectivity index (χ4n) is 3.55. The van der Waals surface area contributed by atoms with Gasteiger partial charge in [0.1, 0.15) is 8.46 Å². The molecule has 1 fully saturated rings. The lowest BCUT2D eigenvalue weighted by Crippen LogP contribution is -2.54. The molecule has 0 bridgehead atoms. The number of hydrogen-bond acceptors (Lipinski definition) is 7. The molecule has 2 unspecified atom stereocenters. The minimum Gasteiger partial charge on any atom is -0.450 e. The zero-order chi connectivity index (χ0) is 22.9. The van der Waals surface area contributed by atoms with Crippen molar-refractivity contribution in [1.82, 2.24) is 9.80 Å². The summed E-state index contributed by atoms with van der Waals surface area (Å²) >= 11 is 0. The highest BCUT2D eigenvalue weighted by Crippen LogP contribution is 2.38. The van der Waals surface area contributed by atoms with Crippen LogP contribution in [0.15, 0.2) is 24.3 Å². The van der Waals surface area contributed by atoms with Crippen LogP contribution in [0.3, 0.4) is 0 Å². The van der Waals surface area contributed by atoms with Crippen LogP contribution in [0.1, 0.15) is 31.9 Å². The van der Waals surface area contributed by atoms with Crippen molar-refractivity contribution in [3.63, 3.8) is 0 Å². The number of piperazine rings is 1. The molecule has 0 aliphatic carbocycles. The molecule has 2 rings (SSSR count). The zero-order valence-corrected chi connectivity index (χ0v) is 19.7. The van der Waals surface area contributed by atoms with Gasteiger partial charge in [0, 0.05) is 45.0 Å². The number of amides is 2. The molecule has 0 spiro atoms. The van der Waals surface area contributed by atoms with E-state index in [4.69, 9.17) is 19.9 Å². The third kappa shape index (κ3) is 6.53. The van der Waals surface area contributed by atoms with Gasteiger partial charge in [-0.15, -0.1) is 0 Å². The van der Waals surface area contributed by atoms with Gasteiger partial charge in [0.05, 0.1) is 12.6 Å². The summed E-state index contributed by atoms with van der Waals surface area (Å²) in [5.41, 5.74) is 6.52. The molecule has 1 heterocycles.